The van der Waals surface area contributed by atoms with Crippen molar-refractivity contribution >= 4 is 110 Å². The summed E-state index contributed by atoms with van der Waals surface area (Å²) in [6.07, 6.45) is 2.06. The van der Waals surface area contributed by atoms with Gasteiger partial charge in [-0.05, 0) is 106 Å². The van der Waals surface area contributed by atoms with Gasteiger partial charge in [0.1, 0.15) is 38.7 Å². The van der Waals surface area contributed by atoms with E-state index in [-0.39, 0.29) is 0 Å². The molecule has 0 aromatic heterocycles. The predicted octanol–water partition coefficient (Wildman–Crippen LogP) is 5.36. The molecule has 63 heavy (non-hydrogen) atoms. The van der Waals surface area contributed by atoms with Crippen LogP contribution in [0.2, 0.25) is 12.6 Å². The Hall–Kier alpha value is -6.69. The molecular weight excluding hydrogens is 785 g/mol. The van der Waals surface area contributed by atoms with Crippen LogP contribution in [-0.4, -0.2) is 70.9 Å². The predicted molar refractivity (Wildman–Crippen MR) is 264 cm³/mol. The van der Waals surface area contributed by atoms with Gasteiger partial charge in [0, 0.05) is 35.4 Å². The summed E-state index contributed by atoms with van der Waals surface area (Å²) in [7, 11) is 5.81. The summed E-state index contributed by atoms with van der Waals surface area (Å²) in [5.41, 5.74) is 9.29. The van der Waals surface area contributed by atoms with Gasteiger partial charge in [-0.25, -0.2) is 0 Å². The van der Waals surface area contributed by atoms with Crippen LogP contribution < -0.4 is 60.3 Å². The van der Waals surface area contributed by atoms with E-state index in [0.717, 1.165) is 97.1 Å². The standard InChI is InChI=1S/C45H44B6N6O6/c1-25-4-7-28(16-37(25)52-12-10-46)49-58-40-19-31-32-20-41-43(61-50(59-41)29-8-5-26(2)38(17-29)53-13-11-47)22-34(32)36-24-45-44(23-35(36)33(31)21-42(40)60-49)62-51(63-45)30-9-6-27(3)39(18-30)54-14-15-55-57-56-48/h4-9,16-24,48,52-54H,10-15,46-47H2,1-3H3. The van der Waals surface area contributed by atoms with Gasteiger partial charge >= 0.3 is 125 Å². The second-order valence-electron chi connectivity index (χ2n) is 16.3. The van der Waals surface area contributed by atoms with Crippen molar-refractivity contribution in [3.63, 3.8) is 0 Å². The van der Waals surface area contributed by atoms with Gasteiger partial charge < -0.3 is 29.3 Å². The van der Waals surface area contributed by atoms with Gasteiger partial charge in [0.2, 0.25) is 0 Å². The van der Waals surface area contributed by atoms with E-state index >= 15 is 0 Å². The summed E-state index contributed by atoms with van der Waals surface area (Å²) < 4.78 is 39.6. The van der Waals surface area contributed by atoms with Crippen molar-refractivity contribution in [2.75, 3.05) is 42.1 Å². The van der Waals surface area contributed by atoms with E-state index in [1.165, 1.54) is 11.1 Å². The molecular formula is C45H44B6N6O6. The third-order valence-corrected chi connectivity index (χ3v) is 11.9. The van der Waals surface area contributed by atoms with Crippen LogP contribution in [0.25, 0.3) is 32.3 Å². The Morgan fingerprint density at radius 3 is 1.05 bits per heavy atom. The number of benzene rings is 7. The van der Waals surface area contributed by atoms with E-state index in [1.807, 2.05) is 6.07 Å². The molecule has 308 valence electrons. The second kappa shape index (κ2) is 16.9. The number of rotatable bonds is 14. The van der Waals surface area contributed by atoms with Crippen LogP contribution in [0.1, 0.15) is 16.7 Å². The Bertz CT molecular complexity index is 2830. The third-order valence-electron chi connectivity index (χ3n) is 11.9. The van der Waals surface area contributed by atoms with Crippen molar-refractivity contribution in [1.82, 2.24) is 0 Å². The first kappa shape index (κ1) is 40.4. The van der Waals surface area contributed by atoms with Crippen molar-refractivity contribution < 1.29 is 27.9 Å². The molecule has 0 atom stereocenters. The average Bonchev–Trinajstić information content (AvgIpc) is 4.04. The van der Waals surface area contributed by atoms with E-state index in [2.05, 4.69) is 160 Å². The molecule has 3 aliphatic rings. The van der Waals surface area contributed by atoms with Crippen LogP contribution in [0.15, 0.2) is 106 Å². The minimum atomic E-state index is -0.652. The fourth-order valence-electron chi connectivity index (χ4n) is 8.52. The van der Waals surface area contributed by atoms with Crippen LogP contribution in [0.4, 0.5) is 17.1 Å². The maximum atomic E-state index is 6.60. The number of aryl methyl sites for hydroxylation is 3. The molecule has 0 unspecified atom stereocenters. The van der Waals surface area contributed by atoms with Crippen molar-refractivity contribution in [3.8, 4) is 34.5 Å². The van der Waals surface area contributed by atoms with Gasteiger partial charge in [-0.1, -0.05) is 36.9 Å². The molecule has 0 bridgehead atoms. The molecule has 7 aromatic carbocycles. The maximum absolute atomic E-state index is 6.60. The number of nitrogens with one attached hydrogen (secondary N) is 3. The Labute approximate surface area is 370 Å². The zero-order valence-corrected chi connectivity index (χ0v) is 36.1. The molecule has 0 aliphatic carbocycles. The Kier molecular flexibility index (Phi) is 10.8. The molecule has 3 N–H and O–H groups in total. The van der Waals surface area contributed by atoms with Gasteiger partial charge in [-0.3, -0.25) is 0 Å². The van der Waals surface area contributed by atoms with Gasteiger partial charge in [0.15, 0.2) is 0 Å². The molecule has 12 nitrogen and oxygen atoms in total. The number of fused-ring (bicyclic) bond motifs is 9. The average molecular weight is 830 g/mol. The van der Waals surface area contributed by atoms with Gasteiger partial charge in [-0.2, -0.15) is 0 Å². The fourth-order valence-corrected chi connectivity index (χ4v) is 8.52. The Balaban J connectivity index is 1.05. The van der Waals surface area contributed by atoms with Crippen molar-refractivity contribution in [1.29, 1.82) is 0 Å². The van der Waals surface area contributed by atoms with E-state index in [4.69, 9.17) is 27.9 Å². The van der Waals surface area contributed by atoms with Crippen molar-refractivity contribution in [2.24, 2.45) is 15.3 Å². The summed E-state index contributed by atoms with van der Waals surface area (Å²) in [6.45, 7) is 9.09. The topological polar surface area (TPSA) is 129 Å². The number of nitrogens with zero attached hydrogens (tertiary/aromatic N) is 3. The normalized spacial score (nSPS) is 13.5. The van der Waals surface area contributed by atoms with E-state index in [1.54, 1.807) is 0 Å². The molecule has 18 heteroatoms. The molecule has 0 fully saturated rings. The van der Waals surface area contributed by atoms with Gasteiger partial charge in [0.25, 0.3) is 0 Å². The molecule has 7 aromatic rings. The summed E-state index contributed by atoms with van der Waals surface area (Å²) in [5.74, 6) is 3.98. The molecule has 10 rings (SSSR count). The van der Waals surface area contributed by atoms with Crippen LogP contribution in [0.5, 0.6) is 34.5 Å². The van der Waals surface area contributed by atoms with Crippen LogP contribution in [0, 0.1) is 20.8 Å². The Morgan fingerprint density at radius 2 is 0.762 bits per heavy atom. The molecule has 0 saturated carbocycles. The third kappa shape index (κ3) is 7.65. The number of hydrogen-bond acceptors (Lipinski definition) is 11. The van der Waals surface area contributed by atoms with Crippen LogP contribution in [-0.2, 0) is 0 Å². The SMILES string of the molecule is B=NN=NCCNc1cc(B2Oc3cc4c5cc6c(cc5c5cc7c(cc5c4cc3O2)OB(c2ccc(C)c(NCCB)c2)O7)OB(c2ccc(C)c(NCCB)c2)O6)ccc1C. The monoisotopic (exact) mass is 830 g/mol. The summed E-state index contributed by atoms with van der Waals surface area (Å²) in [5, 5.41) is 27.5. The van der Waals surface area contributed by atoms with Gasteiger partial charge in [0.05, 0.1) is 0 Å². The fraction of sp³-hybridized carbons (Fsp3) is 0.200. The summed E-state index contributed by atoms with van der Waals surface area (Å²) in [6, 6.07) is 31.3. The van der Waals surface area contributed by atoms with E-state index in [0.29, 0.717) is 47.6 Å². The summed E-state index contributed by atoms with van der Waals surface area (Å²) >= 11 is 0. The first-order valence-electron chi connectivity index (χ1n) is 21.7. The number of hydrogen-bond donors (Lipinski definition) is 3. The first-order valence-corrected chi connectivity index (χ1v) is 21.7. The molecule has 0 radical (unpaired) electrons. The van der Waals surface area contributed by atoms with E-state index < -0.39 is 21.4 Å². The second-order valence-corrected chi connectivity index (χ2v) is 16.3. The molecule has 0 saturated heterocycles. The molecule has 0 amide bonds. The van der Waals surface area contributed by atoms with Crippen LogP contribution >= 0.6 is 0 Å². The van der Waals surface area contributed by atoms with Crippen molar-refractivity contribution in [3.05, 3.63) is 108 Å². The van der Waals surface area contributed by atoms with E-state index in [9.17, 15) is 0 Å². The molecule has 3 heterocycles. The summed E-state index contributed by atoms with van der Waals surface area (Å²) in [4.78, 5) is 0. The zero-order valence-electron chi connectivity index (χ0n) is 36.1. The first-order chi connectivity index (χ1) is 30.8. The van der Waals surface area contributed by atoms with Crippen molar-refractivity contribution in [2.45, 2.75) is 33.4 Å². The zero-order chi connectivity index (χ0) is 43.2. The molecule has 0 spiro atoms. The van der Waals surface area contributed by atoms with Crippen LogP contribution in [0.3, 0.4) is 0 Å². The number of anilines is 3. The molecule has 3 aliphatic heterocycles. The quantitative estimate of drug-likeness (QED) is 0.0437. The Morgan fingerprint density at radius 1 is 0.460 bits per heavy atom. The van der Waals surface area contributed by atoms with Gasteiger partial charge in [-0.15, -0.1) is 0 Å². The minimum absolute atomic E-state index is 0.466.